The van der Waals surface area contributed by atoms with Gasteiger partial charge in [0.05, 0.1) is 17.1 Å². The highest BCUT2D eigenvalue weighted by atomic mass is 32.2. The maximum absolute atomic E-state index is 13.6. The lowest BCUT2D eigenvalue weighted by Gasteiger charge is -2.29. The van der Waals surface area contributed by atoms with E-state index in [0.717, 1.165) is 11.3 Å². The number of hydrogen-bond donors (Lipinski definition) is 1. The van der Waals surface area contributed by atoms with Crippen molar-refractivity contribution in [3.8, 4) is 0 Å². The molecule has 3 heterocycles. The summed E-state index contributed by atoms with van der Waals surface area (Å²) in [5, 5.41) is 3.10. The first-order valence-corrected chi connectivity index (χ1v) is 11.7. The summed E-state index contributed by atoms with van der Waals surface area (Å²) in [7, 11) is -1.94. The van der Waals surface area contributed by atoms with Crippen molar-refractivity contribution in [1.82, 2.24) is 19.2 Å². The zero-order valence-electron chi connectivity index (χ0n) is 17.9. The molecule has 0 spiro atoms. The van der Waals surface area contributed by atoms with Gasteiger partial charge in [-0.2, -0.15) is 4.31 Å². The van der Waals surface area contributed by atoms with Gasteiger partial charge in [-0.1, -0.05) is 0 Å². The Labute approximate surface area is 181 Å². The van der Waals surface area contributed by atoms with Gasteiger partial charge in [-0.25, -0.2) is 22.8 Å². The van der Waals surface area contributed by atoms with E-state index in [2.05, 4.69) is 10.3 Å². The number of aryl methyl sites for hydroxylation is 1. The standard InChI is InChI=1S/C21H26FN5O3S/c1-13-10-16(4-5-18(13)22)31(29,30)27-9-6-15(11-27)20-24-19-7-8-26(14(2)28)12-17(19)21(23-3)25-20/h4-5,10,15H,6-9,11-12H2,1-3H3,(H,23,24,25)/t15-/m1/s1. The molecule has 4 rings (SSSR count). The zero-order chi connectivity index (χ0) is 22.3. The maximum atomic E-state index is 13.6. The smallest absolute Gasteiger partial charge is 0.243 e. The molecule has 1 fully saturated rings. The molecular weight excluding hydrogens is 421 g/mol. The molecule has 1 N–H and O–H groups in total. The van der Waals surface area contributed by atoms with Crippen molar-refractivity contribution in [2.24, 2.45) is 0 Å². The second-order valence-corrected chi connectivity index (χ2v) is 9.99. The molecule has 0 unspecified atom stereocenters. The van der Waals surface area contributed by atoms with E-state index < -0.39 is 15.8 Å². The van der Waals surface area contributed by atoms with E-state index in [1.54, 1.807) is 25.8 Å². The third kappa shape index (κ3) is 4.01. The lowest BCUT2D eigenvalue weighted by atomic mass is 10.0. The molecule has 0 saturated carbocycles. The Kier molecular flexibility index (Phi) is 5.69. The Morgan fingerprint density at radius 3 is 2.71 bits per heavy atom. The third-order valence-electron chi connectivity index (χ3n) is 6.04. The molecule has 166 valence electrons. The lowest BCUT2D eigenvalue weighted by molar-refractivity contribution is -0.129. The van der Waals surface area contributed by atoms with E-state index in [4.69, 9.17) is 4.98 Å². The summed E-state index contributed by atoms with van der Waals surface area (Å²) in [5.41, 5.74) is 2.12. The van der Waals surface area contributed by atoms with E-state index in [9.17, 15) is 17.6 Å². The quantitative estimate of drug-likeness (QED) is 0.771. The van der Waals surface area contributed by atoms with E-state index in [0.29, 0.717) is 49.7 Å². The number of benzene rings is 1. The normalized spacial score (nSPS) is 19.4. The number of aromatic nitrogens is 2. The number of rotatable bonds is 4. The molecule has 1 saturated heterocycles. The molecule has 0 radical (unpaired) electrons. The fraction of sp³-hybridized carbons (Fsp3) is 0.476. The summed E-state index contributed by atoms with van der Waals surface area (Å²) < 4.78 is 41.1. The number of sulfonamides is 1. The molecule has 31 heavy (non-hydrogen) atoms. The monoisotopic (exact) mass is 447 g/mol. The number of halogens is 1. The largest absolute Gasteiger partial charge is 0.373 e. The van der Waals surface area contributed by atoms with Gasteiger partial charge in [0, 0.05) is 51.5 Å². The molecular formula is C21H26FN5O3S. The Bertz CT molecular complexity index is 1120. The Morgan fingerprint density at radius 2 is 2.03 bits per heavy atom. The number of hydrogen-bond acceptors (Lipinski definition) is 6. The molecule has 2 aliphatic heterocycles. The van der Waals surface area contributed by atoms with Crippen molar-refractivity contribution in [2.75, 3.05) is 32.0 Å². The van der Waals surface area contributed by atoms with Crippen LogP contribution in [0.2, 0.25) is 0 Å². The van der Waals surface area contributed by atoms with Gasteiger partial charge in [0.2, 0.25) is 15.9 Å². The zero-order valence-corrected chi connectivity index (χ0v) is 18.7. The van der Waals surface area contributed by atoms with Gasteiger partial charge >= 0.3 is 0 Å². The molecule has 1 atom stereocenters. The number of nitrogens with zero attached hydrogens (tertiary/aromatic N) is 4. The summed E-state index contributed by atoms with van der Waals surface area (Å²) in [6, 6.07) is 3.86. The summed E-state index contributed by atoms with van der Waals surface area (Å²) in [6.45, 7) is 4.81. The van der Waals surface area contributed by atoms with Crippen molar-refractivity contribution in [3.63, 3.8) is 0 Å². The minimum Gasteiger partial charge on any atom is -0.373 e. The third-order valence-corrected chi connectivity index (χ3v) is 7.90. The van der Waals surface area contributed by atoms with Gasteiger partial charge in [-0.3, -0.25) is 4.79 Å². The molecule has 2 aromatic rings. The summed E-state index contributed by atoms with van der Waals surface area (Å²) >= 11 is 0. The number of fused-ring (bicyclic) bond motifs is 1. The van der Waals surface area contributed by atoms with Crippen LogP contribution in [0.4, 0.5) is 10.2 Å². The van der Waals surface area contributed by atoms with Crippen molar-refractivity contribution < 1.29 is 17.6 Å². The molecule has 1 amide bonds. The fourth-order valence-corrected chi connectivity index (χ4v) is 5.76. The molecule has 0 aliphatic carbocycles. The van der Waals surface area contributed by atoms with Crippen molar-refractivity contribution in [2.45, 2.75) is 44.0 Å². The Morgan fingerprint density at radius 1 is 1.26 bits per heavy atom. The van der Waals surface area contributed by atoms with Crippen LogP contribution in [0, 0.1) is 12.7 Å². The molecule has 8 nitrogen and oxygen atoms in total. The molecule has 10 heteroatoms. The molecule has 1 aromatic heterocycles. The second-order valence-electron chi connectivity index (χ2n) is 8.06. The number of amides is 1. The Hall–Kier alpha value is -2.59. The Balaban J connectivity index is 1.58. The molecule has 1 aromatic carbocycles. The van der Waals surface area contributed by atoms with Crippen LogP contribution in [0.25, 0.3) is 0 Å². The van der Waals surface area contributed by atoms with Crippen LogP contribution in [0.15, 0.2) is 23.1 Å². The van der Waals surface area contributed by atoms with Crippen LogP contribution >= 0.6 is 0 Å². The van der Waals surface area contributed by atoms with E-state index in [1.807, 2.05) is 0 Å². The van der Waals surface area contributed by atoms with Crippen LogP contribution in [-0.4, -0.2) is 60.2 Å². The average Bonchev–Trinajstić information content (AvgIpc) is 3.25. The van der Waals surface area contributed by atoms with Gasteiger partial charge in [0.1, 0.15) is 17.5 Å². The minimum atomic E-state index is -3.72. The van der Waals surface area contributed by atoms with E-state index in [-0.39, 0.29) is 23.3 Å². The van der Waals surface area contributed by atoms with E-state index >= 15 is 0 Å². The molecule has 0 bridgehead atoms. The predicted octanol–water partition coefficient (Wildman–Crippen LogP) is 2.05. The van der Waals surface area contributed by atoms with Crippen LogP contribution in [0.3, 0.4) is 0 Å². The fourth-order valence-electron chi connectivity index (χ4n) is 4.18. The number of anilines is 1. The first-order chi connectivity index (χ1) is 14.7. The van der Waals surface area contributed by atoms with Gasteiger partial charge in [-0.05, 0) is 37.1 Å². The SMILES string of the molecule is CNc1nc([C@@H]2CCN(S(=O)(=O)c3ccc(F)c(C)c3)C2)nc2c1CN(C(C)=O)CC2. The van der Waals surface area contributed by atoms with Crippen molar-refractivity contribution in [1.29, 1.82) is 0 Å². The average molecular weight is 448 g/mol. The van der Waals surface area contributed by atoms with Gasteiger partial charge in [-0.15, -0.1) is 0 Å². The van der Waals surface area contributed by atoms with Crippen molar-refractivity contribution in [3.05, 3.63) is 46.7 Å². The second kappa shape index (κ2) is 8.16. The topological polar surface area (TPSA) is 95.5 Å². The lowest BCUT2D eigenvalue weighted by Crippen LogP contribution is -2.35. The van der Waals surface area contributed by atoms with Crippen LogP contribution in [0.1, 0.15) is 41.9 Å². The number of carbonyl (C=O) groups excluding carboxylic acids is 1. The van der Waals surface area contributed by atoms with Crippen molar-refractivity contribution >= 4 is 21.7 Å². The highest BCUT2D eigenvalue weighted by Crippen LogP contribution is 2.32. The van der Waals surface area contributed by atoms with Gasteiger partial charge < -0.3 is 10.2 Å². The number of nitrogens with one attached hydrogen (secondary N) is 1. The number of carbonyl (C=O) groups is 1. The minimum absolute atomic E-state index is 0.0180. The van der Waals surface area contributed by atoms with Gasteiger partial charge in [0.15, 0.2) is 0 Å². The summed E-state index contributed by atoms with van der Waals surface area (Å²) in [5.74, 6) is 0.765. The van der Waals surface area contributed by atoms with E-state index in [1.165, 1.54) is 22.5 Å². The first kappa shape index (κ1) is 21.6. The van der Waals surface area contributed by atoms with Crippen LogP contribution in [-0.2, 0) is 27.8 Å². The first-order valence-electron chi connectivity index (χ1n) is 10.3. The van der Waals surface area contributed by atoms with Crippen LogP contribution in [0.5, 0.6) is 0 Å². The molecule has 2 aliphatic rings. The van der Waals surface area contributed by atoms with Gasteiger partial charge in [0.25, 0.3) is 0 Å². The predicted molar refractivity (Wildman–Crippen MR) is 114 cm³/mol. The summed E-state index contributed by atoms with van der Waals surface area (Å²) in [4.78, 5) is 23.0. The highest BCUT2D eigenvalue weighted by Gasteiger charge is 2.36. The van der Waals surface area contributed by atoms with Crippen LogP contribution < -0.4 is 5.32 Å². The highest BCUT2D eigenvalue weighted by molar-refractivity contribution is 7.89. The summed E-state index contributed by atoms with van der Waals surface area (Å²) in [6.07, 6.45) is 1.25. The maximum Gasteiger partial charge on any atom is 0.243 e.